The molecule has 0 saturated carbocycles. The molecule has 0 saturated heterocycles. The monoisotopic (exact) mass is 389 g/mol. The molecule has 0 aliphatic heterocycles. The molecule has 1 rings (SSSR count). The molecule has 0 aromatic heterocycles. The van der Waals surface area contributed by atoms with E-state index in [1.165, 1.54) is 83.5 Å². The Bertz CT molecular complexity index is 498. The molecule has 1 aromatic carbocycles. The summed E-state index contributed by atoms with van der Waals surface area (Å²) in [5.74, 6) is -0.242. The van der Waals surface area contributed by atoms with Gasteiger partial charge in [-0.3, -0.25) is 0 Å². The average Bonchev–Trinajstić information content (AvgIpc) is 2.71. The number of carbonyl (C=O) groups excluding carboxylic acids is 1. The van der Waals surface area contributed by atoms with Gasteiger partial charge in [0.1, 0.15) is 0 Å². The number of carbonyl (C=O) groups is 1. The first-order valence-electron chi connectivity index (χ1n) is 11.7. The zero-order chi connectivity index (χ0) is 20.5. The van der Waals surface area contributed by atoms with Crippen molar-refractivity contribution < 1.29 is 9.53 Å². The molecule has 0 heterocycles. The van der Waals surface area contributed by atoms with E-state index in [4.69, 9.17) is 4.74 Å². The quantitative estimate of drug-likeness (QED) is 0.218. The van der Waals surface area contributed by atoms with Crippen LogP contribution in [0.1, 0.15) is 115 Å². The molecule has 1 unspecified atom stereocenters. The molecule has 0 radical (unpaired) electrons. The Morgan fingerprint density at radius 3 is 1.79 bits per heavy atom. The number of esters is 1. The van der Waals surface area contributed by atoms with E-state index in [1.54, 1.807) is 0 Å². The Balaban J connectivity index is 2.48. The summed E-state index contributed by atoms with van der Waals surface area (Å²) in [5, 5.41) is 3.72. The van der Waals surface area contributed by atoms with E-state index in [0.717, 1.165) is 5.69 Å². The molecule has 3 nitrogen and oxygen atoms in total. The molecule has 1 aromatic rings. The van der Waals surface area contributed by atoms with Crippen molar-refractivity contribution in [3.05, 3.63) is 29.8 Å². The van der Waals surface area contributed by atoms with Crippen molar-refractivity contribution >= 4 is 11.7 Å². The van der Waals surface area contributed by atoms with Crippen LogP contribution >= 0.6 is 0 Å². The van der Waals surface area contributed by atoms with Gasteiger partial charge >= 0.3 is 5.97 Å². The summed E-state index contributed by atoms with van der Waals surface area (Å²) >= 11 is 0. The highest BCUT2D eigenvalue weighted by Crippen LogP contribution is 2.19. The van der Waals surface area contributed by atoms with Gasteiger partial charge in [-0.05, 0) is 44.0 Å². The van der Waals surface area contributed by atoms with Gasteiger partial charge in [0.05, 0.1) is 12.2 Å². The lowest BCUT2D eigenvalue weighted by Crippen LogP contribution is -2.19. The largest absolute Gasteiger partial charge is 0.462 e. The van der Waals surface area contributed by atoms with Crippen molar-refractivity contribution in [1.82, 2.24) is 0 Å². The van der Waals surface area contributed by atoms with Crippen LogP contribution in [-0.2, 0) is 4.74 Å². The molecule has 0 aliphatic rings. The maximum atomic E-state index is 11.8. The highest BCUT2D eigenvalue weighted by Gasteiger charge is 2.10. The Morgan fingerprint density at radius 2 is 1.29 bits per heavy atom. The van der Waals surface area contributed by atoms with Crippen LogP contribution in [0, 0.1) is 0 Å². The van der Waals surface area contributed by atoms with Crippen LogP contribution in [0.2, 0.25) is 0 Å². The van der Waals surface area contributed by atoms with Crippen molar-refractivity contribution in [3.63, 3.8) is 0 Å². The Hall–Kier alpha value is -1.51. The number of hydrogen-bond acceptors (Lipinski definition) is 3. The topological polar surface area (TPSA) is 38.3 Å². The third kappa shape index (κ3) is 11.4. The van der Waals surface area contributed by atoms with Gasteiger partial charge in [0.25, 0.3) is 0 Å². The van der Waals surface area contributed by atoms with Gasteiger partial charge < -0.3 is 10.1 Å². The average molecular weight is 390 g/mol. The number of ether oxygens (including phenoxy) is 1. The molecule has 3 heteroatoms. The maximum Gasteiger partial charge on any atom is 0.338 e. The molecule has 1 N–H and O–H groups in total. The van der Waals surface area contributed by atoms with Crippen molar-refractivity contribution in [2.45, 2.75) is 110 Å². The highest BCUT2D eigenvalue weighted by atomic mass is 16.5. The molecule has 0 fully saturated rings. The lowest BCUT2D eigenvalue weighted by molar-refractivity contribution is 0.0526. The van der Waals surface area contributed by atoms with Gasteiger partial charge in [0.15, 0.2) is 0 Å². The first-order valence-corrected chi connectivity index (χ1v) is 11.7. The number of nitrogens with one attached hydrogen (secondary N) is 1. The number of benzene rings is 1. The Morgan fingerprint density at radius 1 is 0.786 bits per heavy atom. The second kappa shape index (κ2) is 16.4. The van der Waals surface area contributed by atoms with E-state index in [9.17, 15) is 4.79 Å². The molecular formula is C25H43NO2. The van der Waals surface area contributed by atoms with Crippen LogP contribution in [0.5, 0.6) is 0 Å². The zero-order valence-electron chi connectivity index (χ0n) is 18.6. The minimum Gasteiger partial charge on any atom is -0.462 e. The van der Waals surface area contributed by atoms with Gasteiger partial charge in [0.2, 0.25) is 0 Å². The lowest BCUT2D eigenvalue weighted by Gasteiger charge is -2.20. The highest BCUT2D eigenvalue weighted by molar-refractivity contribution is 5.89. The smallest absolute Gasteiger partial charge is 0.338 e. The van der Waals surface area contributed by atoms with Crippen LogP contribution in [0.3, 0.4) is 0 Å². The Kier molecular flexibility index (Phi) is 14.4. The summed E-state index contributed by atoms with van der Waals surface area (Å²) < 4.78 is 5.07. The summed E-state index contributed by atoms with van der Waals surface area (Å²) in [7, 11) is 0. The van der Waals surface area contributed by atoms with E-state index in [-0.39, 0.29) is 5.97 Å². The van der Waals surface area contributed by atoms with Crippen molar-refractivity contribution in [2.24, 2.45) is 0 Å². The third-order valence-electron chi connectivity index (χ3n) is 5.33. The van der Waals surface area contributed by atoms with E-state index < -0.39 is 0 Å². The minimum absolute atomic E-state index is 0.242. The minimum atomic E-state index is -0.242. The van der Waals surface area contributed by atoms with E-state index >= 15 is 0 Å². The number of anilines is 1. The lowest BCUT2D eigenvalue weighted by atomic mass is 10.00. The molecule has 0 spiro atoms. The normalized spacial score (nSPS) is 12.0. The zero-order valence-corrected chi connectivity index (χ0v) is 18.6. The second-order valence-electron chi connectivity index (χ2n) is 7.90. The molecular weight excluding hydrogens is 346 g/mol. The van der Waals surface area contributed by atoms with Gasteiger partial charge in [-0.25, -0.2) is 4.79 Å². The van der Waals surface area contributed by atoms with Crippen molar-refractivity contribution in [1.29, 1.82) is 0 Å². The molecule has 0 aliphatic carbocycles. The van der Waals surface area contributed by atoms with Crippen molar-refractivity contribution in [3.8, 4) is 0 Å². The fraction of sp³-hybridized carbons (Fsp3) is 0.720. The van der Waals surface area contributed by atoms with Crippen molar-refractivity contribution in [2.75, 3.05) is 11.9 Å². The van der Waals surface area contributed by atoms with Crippen LogP contribution in [-0.4, -0.2) is 18.6 Å². The maximum absolute atomic E-state index is 11.8. The fourth-order valence-electron chi connectivity index (χ4n) is 3.61. The summed E-state index contributed by atoms with van der Waals surface area (Å²) in [6.45, 7) is 6.78. The molecule has 160 valence electrons. The van der Waals surface area contributed by atoms with E-state index in [0.29, 0.717) is 18.2 Å². The van der Waals surface area contributed by atoms with Gasteiger partial charge in [-0.15, -0.1) is 0 Å². The predicted octanol–water partition coefficient (Wildman–Crippen LogP) is 7.75. The van der Waals surface area contributed by atoms with Crippen LogP contribution in [0.25, 0.3) is 0 Å². The number of hydrogen-bond donors (Lipinski definition) is 1. The van der Waals surface area contributed by atoms with Crippen LogP contribution in [0.15, 0.2) is 24.3 Å². The van der Waals surface area contributed by atoms with Gasteiger partial charge in [-0.1, -0.05) is 84.5 Å². The fourth-order valence-corrected chi connectivity index (χ4v) is 3.61. The molecule has 0 amide bonds. The summed E-state index contributed by atoms with van der Waals surface area (Å²) in [6.07, 6.45) is 17.2. The van der Waals surface area contributed by atoms with E-state index in [2.05, 4.69) is 19.2 Å². The first kappa shape index (κ1) is 24.5. The van der Waals surface area contributed by atoms with Crippen LogP contribution < -0.4 is 5.32 Å². The van der Waals surface area contributed by atoms with Gasteiger partial charge in [-0.2, -0.15) is 0 Å². The third-order valence-corrected chi connectivity index (χ3v) is 5.33. The van der Waals surface area contributed by atoms with Crippen LogP contribution in [0.4, 0.5) is 5.69 Å². The number of rotatable bonds is 17. The summed E-state index contributed by atoms with van der Waals surface area (Å²) in [5.41, 5.74) is 1.73. The molecule has 0 bridgehead atoms. The summed E-state index contributed by atoms with van der Waals surface area (Å²) in [4.78, 5) is 11.8. The van der Waals surface area contributed by atoms with Gasteiger partial charge in [0, 0.05) is 11.7 Å². The standard InChI is InChI=1S/C25H43NO2/c1-4-7-9-11-13-15-17-23(16-14-12-10-8-5-2)26-24-20-18-22(19-21-24)25(27)28-6-3/h18-21,23,26H,4-17H2,1-3H3. The predicted molar refractivity (Wildman–Crippen MR) is 121 cm³/mol. The SMILES string of the molecule is CCCCCCCCC(CCCCCCC)Nc1ccc(C(=O)OCC)cc1. The number of unbranched alkanes of at least 4 members (excludes halogenated alkanes) is 9. The second-order valence-corrected chi connectivity index (χ2v) is 7.90. The Labute approximate surface area is 173 Å². The molecule has 1 atom stereocenters. The summed E-state index contributed by atoms with van der Waals surface area (Å²) in [6, 6.07) is 8.28. The molecule has 28 heavy (non-hydrogen) atoms. The van der Waals surface area contributed by atoms with E-state index in [1.807, 2.05) is 31.2 Å². The first-order chi connectivity index (χ1) is 13.7.